The minimum Gasteiger partial charge on any atom is -0.491 e. The molecule has 1 aromatic heterocycles. The third-order valence-electron chi connectivity index (χ3n) is 3.67. The molecule has 0 saturated carbocycles. The summed E-state index contributed by atoms with van der Waals surface area (Å²) in [6.45, 7) is 6.13. The summed E-state index contributed by atoms with van der Waals surface area (Å²) in [5.41, 5.74) is 3.19. The first-order valence-electron chi connectivity index (χ1n) is 7.71. The Morgan fingerprint density at radius 2 is 2.13 bits per heavy atom. The smallest absolute Gasteiger partial charge is 0.131 e. The topological polar surface area (TPSA) is 51.6 Å². The Morgan fingerprint density at radius 1 is 1.30 bits per heavy atom. The van der Waals surface area contributed by atoms with Crippen molar-refractivity contribution in [1.29, 1.82) is 0 Å². The number of hydrogen-bond donors (Lipinski definition) is 1. The summed E-state index contributed by atoms with van der Waals surface area (Å²) in [6.07, 6.45) is 3.84. The van der Waals surface area contributed by atoms with E-state index in [2.05, 4.69) is 17.1 Å². The van der Waals surface area contributed by atoms with Crippen LogP contribution in [0.25, 0.3) is 5.57 Å². The number of hydrogen-bond acceptors (Lipinski definition) is 4. The van der Waals surface area contributed by atoms with Gasteiger partial charge in [0.05, 0.1) is 11.3 Å². The largest absolute Gasteiger partial charge is 0.491 e. The molecule has 0 fully saturated rings. The maximum absolute atomic E-state index is 9.82. The van der Waals surface area contributed by atoms with E-state index in [9.17, 15) is 5.11 Å². The fraction of sp³-hybridized carbons (Fsp3) is 0.316. The lowest BCUT2D eigenvalue weighted by atomic mass is 9.96. The summed E-state index contributed by atoms with van der Waals surface area (Å²) in [5, 5.41) is 9.82. The molecular formula is C19H21NO3. The molecule has 0 radical (unpaired) electrons. The molecule has 23 heavy (non-hydrogen) atoms. The lowest BCUT2D eigenvalue weighted by molar-refractivity contribution is 0.0284. The number of nitrogens with zero attached hydrogens (tertiary/aromatic N) is 1. The Morgan fingerprint density at radius 3 is 2.87 bits per heavy atom. The molecule has 120 valence electrons. The first-order valence-corrected chi connectivity index (χ1v) is 7.71. The van der Waals surface area contributed by atoms with Crippen LogP contribution >= 0.6 is 0 Å². The third-order valence-corrected chi connectivity index (χ3v) is 3.67. The van der Waals surface area contributed by atoms with Crippen molar-refractivity contribution in [3.05, 3.63) is 59.4 Å². The molecule has 0 amide bonds. The lowest BCUT2D eigenvalue weighted by Gasteiger charge is -2.19. The quantitative estimate of drug-likeness (QED) is 0.941. The molecule has 0 bridgehead atoms. The predicted molar refractivity (Wildman–Crippen MR) is 89.6 cm³/mol. The SMILES string of the molecule is C/C=C1/c2cc(OCC(C)(C)O)ccc2OCc2ncccc21. The molecule has 1 aliphatic rings. The van der Waals surface area contributed by atoms with Crippen LogP contribution in [0.15, 0.2) is 42.6 Å². The molecule has 2 heterocycles. The average Bonchev–Trinajstić information content (AvgIpc) is 2.68. The number of benzene rings is 1. The van der Waals surface area contributed by atoms with Crippen molar-refractivity contribution in [3.63, 3.8) is 0 Å². The van der Waals surface area contributed by atoms with Gasteiger partial charge in [0.15, 0.2) is 0 Å². The highest BCUT2D eigenvalue weighted by atomic mass is 16.5. The number of aliphatic hydroxyl groups is 1. The maximum Gasteiger partial charge on any atom is 0.131 e. The van der Waals surface area contributed by atoms with E-state index in [1.165, 1.54) is 0 Å². The number of allylic oxidation sites excluding steroid dienone is 1. The molecule has 0 saturated heterocycles. The fourth-order valence-corrected chi connectivity index (χ4v) is 2.60. The molecule has 0 aliphatic carbocycles. The normalized spacial score (nSPS) is 15.4. The van der Waals surface area contributed by atoms with Gasteiger partial charge in [0.25, 0.3) is 0 Å². The minimum absolute atomic E-state index is 0.232. The van der Waals surface area contributed by atoms with Gasteiger partial charge in [0, 0.05) is 17.3 Å². The van der Waals surface area contributed by atoms with Gasteiger partial charge in [0.1, 0.15) is 24.7 Å². The second kappa shape index (κ2) is 6.05. The van der Waals surface area contributed by atoms with E-state index in [0.717, 1.165) is 28.1 Å². The van der Waals surface area contributed by atoms with Gasteiger partial charge >= 0.3 is 0 Å². The second-order valence-electron chi connectivity index (χ2n) is 6.25. The maximum atomic E-state index is 9.82. The highest BCUT2D eigenvalue weighted by Crippen LogP contribution is 2.38. The summed E-state index contributed by atoms with van der Waals surface area (Å²) in [4.78, 5) is 4.42. The zero-order chi connectivity index (χ0) is 16.4. The predicted octanol–water partition coefficient (Wildman–Crippen LogP) is 3.58. The zero-order valence-electron chi connectivity index (χ0n) is 13.7. The van der Waals surface area contributed by atoms with E-state index in [4.69, 9.17) is 9.47 Å². The highest BCUT2D eigenvalue weighted by molar-refractivity contribution is 5.84. The Labute approximate surface area is 136 Å². The average molecular weight is 311 g/mol. The Kier molecular flexibility index (Phi) is 4.09. The second-order valence-corrected chi connectivity index (χ2v) is 6.25. The van der Waals surface area contributed by atoms with Gasteiger partial charge < -0.3 is 14.6 Å². The van der Waals surface area contributed by atoms with Crippen LogP contribution in [0.2, 0.25) is 0 Å². The fourth-order valence-electron chi connectivity index (χ4n) is 2.60. The molecule has 1 aromatic carbocycles. The van der Waals surface area contributed by atoms with E-state index < -0.39 is 5.60 Å². The van der Waals surface area contributed by atoms with Crippen LogP contribution in [-0.4, -0.2) is 22.3 Å². The monoisotopic (exact) mass is 311 g/mol. The zero-order valence-corrected chi connectivity index (χ0v) is 13.7. The van der Waals surface area contributed by atoms with Crippen molar-refractivity contribution >= 4 is 5.57 Å². The van der Waals surface area contributed by atoms with Crippen molar-refractivity contribution in [3.8, 4) is 11.5 Å². The van der Waals surface area contributed by atoms with E-state index >= 15 is 0 Å². The Bertz CT molecular complexity index is 745. The number of aromatic nitrogens is 1. The number of rotatable bonds is 3. The molecule has 2 aromatic rings. The summed E-state index contributed by atoms with van der Waals surface area (Å²) in [7, 11) is 0. The molecular weight excluding hydrogens is 290 g/mol. The van der Waals surface area contributed by atoms with Gasteiger partial charge in [-0.25, -0.2) is 0 Å². The van der Waals surface area contributed by atoms with Gasteiger partial charge in [-0.05, 0) is 50.6 Å². The first-order chi connectivity index (χ1) is 11.0. The number of pyridine rings is 1. The Balaban J connectivity index is 2.00. The summed E-state index contributed by atoms with van der Waals surface area (Å²) in [5.74, 6) is 1.52. The Hall–Kier alpha value is -2.33. The van der Waals surface area contributed by atoms with E-state index in [-0.39, 0.29) is 6.61 Å². The number of fused-ring (bicyclic) bond motifs is 2. The van der Waals surface area contributed by atoms with Gasteiger partial charge in [-0.2, -0.15) is 0 Å². The van der Waals surface area contributed by atoms with E-state index in [1.54, 1.807) is 20.0 Å². The van der Waals surface area contributed by atoms with Crippen molar-refractivity contribution < 1.29 is 14.6 Å². The molecule has 4 heteroatoms. The molecule has 4 nitrogen and oxygen atoms in total. The van der Waals surface area contributed by atoms with Gasteiger partial charge in [0.2, 0.25) is 0 Å². The van der Waals surface area contributed by atoms with Gasteiger partial charge in [-0.1, -0.05) is 12.1 Å². The molecule has 1 N–H and O–H groups in total. The van der Waals surface area contributed by atoms with Crippen molar-refractivity contribution in [2.75, 3.05) is 6.61 Å². The molecule has 0 atom stereocenters. The molecule has 0 spiro atoms. The van der Waals surface area contributed by atoms with Crippen LogP contribution < -0.4 is 9.47 Å². The van der Waals surface area contributed by atoms with Crippen LogP contribution in [0.4, 0.5) is 0 Å². The van der Waals surface area contributed by atoms with Crippen molar-refractivity contribution in [2.24, 2.45) is 0 Å². The first kappa shape index (κ1) is 15.6. The van der Waals surface area contributed by atoms with Crippen molar-refractivity contribution in [1.82, 2.24) is 4.98 Å². The minimum atomic E-state index is -0.872. The lowest BCUT2D eigenvalue weighted by Crippen LogP contribution is -2.27. The summed E-state index contributed by atoms with van der Waals surface area (Å²) >= 11 is 0. The van der Waals surface area contributed by atoms with Crippen LogP contribution in [-0.2, 0) is 6.61 Å². The molecule has 3 rings (SSSR count). The highest BCUT2D eigenvalue weighted by Gasteiger charge is 2.20. The van der Waals surface area contributed by atoms with Crippen LogP contribution in [0.5, 0.6) is 11.5 Å². The van der Waals surface area contributed by atoms with Gasteiger partial charge in [-0.3, -0.25) is 4.98 Å². The van der Waals surface area contributed by atoms with Crippen LogP contribution in [0, 0.1) is 0 Å². The van der Waals surface area contributed by atoms with E-state index in [0.29, 0.717) is 12.4 Å². The number of ether oxygens (including phenoxy) is 2. The summed E-state index contributed by atoms with van der Waals surface area (Å²) < 4.78 is 11.6. The molecule has 0 unspecified atom stereocenters. The van der Waals surface area contributed by atoms with Crippen LogP contribution in [0.1, 0.15) is 37.6 Å². The third kappa shape index (κ3) is 3.37. The van der Waals surface area contributed by atoms with E-state index in [1.807, 2.05) is 31.2 Å². The van der Waals surface area contributed by atoms with Gasteiger partial charge in [-0.15, -0.1) is 0 Å². The van der Waals surface area contributed by atoms with Crippen LogP contribution in [0.3, 0.4) is 0 Å². The molecule has 1 aliphatic heterocycles. The summed E-state index contributed by atoms with van der Waals surface area (Å²) in [6, 6.07) is 9.71. The van der Waals surface area contributed by atoms with Crippen molar-refractivity contribution in [2.45, 2.75) is 33.0 Å². The standard InChI is InChI=1S/C19H21NO3/c1-4-14-15-6-5-9-20-17(15)11-22-18-8-7-13(10-16(14)18)23-12-19(2,3)21/h4-10,21H,11-12H2,1-3H3/b14-4+.